The van der Waals surface area contributed by atoms with Crippen LogP contribution in [0, 0.1) is 12.8 Å². The number of aromatic hydroxyl groups is 1. The van der Waals surface area contributed by atoms with Gasteiger partial charge in [0.15, 0.2) is 5.76 Å². The first-order valence-corrected chi connectivity index (χ1v) is 23.1. The summed E-state index contributed by atoms with van der Waals surface area (Å²) >= 11 is 1.58. The molecule has 0 radical (unpaired) electrons. The van der Waals surface area contributed by atoms with E-state index in [1.54, 1.807) is 40.4 Å². The minimum absolute atomic E-state index is 0.0394. The number of rotatable bonds is 25. The Kier molecular flexibility index (Phi) is 17.4. The lowest BCUT2D eigenvalue weighted by molar-refractivity contribution is -0.141. The largest absolute Gasteiger partial charge is 0.507 e. The first-order chi connectivity index (χ1) is 32.5. The number of thiazole rings is 1. The molecule has 2 aromatic carbocycles. The zero-order chi connectivity index (χ0) is 47.1. The molecule has 0 saturated carbocycles. The van der Waals surface area contributed by atoms with Crippen LogP contribution in [0.15, 0.2) is 88.9 Å². The van der Waals surface area contributed by atoms with Crippen LogP contribution in [-0.2, 0) is 41.6 Å². The topological polar surface area (TPSA) is 243 Å². The lowest BCUT2D eigenvalue weighted by Gasteiger charge is -2.28. The summed E-state index contributed by atoms with van der Waals surface area (Å²) in [5, 5.41) is 32.2. The monoisotopic (exact) mass is 941 g/mol. The van der Waals surface area contributed by atoms with Crippen molar-refractivity contribution in [3.8, 4) is 22.1 Å². The van der Waals surface area contributed by atoms with Crippen LogP contribution in [0.5, 0.6) is 11.6 Å². The summed E-state index contributed by atoms with van der Waals surface area (Å²) in [6.07, 6.45) is 4.80. The van der Waals surface area contributed by atoms with Crippen LogP contribution in [0.3, 0.4) is 0 Å². The van der Waals surface area contributed by atoms with Gasteiger partial charge >= 0.3 is 0 Å². The molecule has 0 aliphatic carbocycles. The van der Waals surface area contributed by atoms with Crippen molar-refractivity contribution in [2.75, 3.05) is 66.0 Å². The van der Waals surface area contributed by atoms with Crippen LogP contribution in [-0.4, -0.2) is 125 Å². The van der Waals surface area contributed by atoms with E-state index in [2.05, 4.69) is 31.4 Å². The summed E-state index contributed by atoms with van der Waals surface area (Å²) in [5.41, 5.74) is 19.8. The molecule has 2 aliphatic rings. The second kappa shape index (κ2) is 23.9. The Labute approximate surface area is 392 Å². The maximum absolute atomic E-state index is 14.0. The molecule has 7 rings (SSSR count). The molecule has 2 amide bonds. The number of ether oxygens (including phenoxy) is 5. The Morgan fingerprint density at radius 2 is 1.66 bits per heavy atom. The minimum Gasteiger partial charge on any atom is -0.507 e. The van der Waals surface area contributed by atoms with E-state index < -0.39 is 18.1 Å². The summed E-state index contributed by atoms with van der Waals surface area (Å²) in [6, 6.07) is 15.7. The minimum atomic E-state index is -0.829. The van der Waals surface area contributed by atoms with Crippen LogP contribution < -0.4 is 26.6 Å². The molecular formula is C47H59N9O10S. The maximum Gasteiger partial charge on any atom is 0.254 e. The number of phenolic OH excluding ortho intramolecular Hbond substituents is 1. The van der Waals surface area contributed by atoms with Gasteiger partial charge in [-0.2, -0.15) is 5.10 Å². The Bertz CT molecular complexity index is 2450. The van der Waals surface area contributed by atoms with Crippen molar-refractivity contribution in [1.82, 2.24) is 41.0 Å². The molecule has 0 bridgehead atoms. The van der Waals surface area contributed by atoms with E-state index >= 15 is 0 Å². The first kappa shape index (κ1) is 48.6. The third-order valence-electron chi connectivity index (χ3n) is 11.1. The van der Waals surface area contributed by atoms with Crippen molar-refractivity contribution in [2.24, 2.45) is 11.7 Å². The molecule has 1 fully saturated rings. The highest BCUT2D eigenvalue weighted by Gasteiger charge is 2.43. The molecule has 0 unspecified atom stereocenters. The van der Waals surface area contributed by atoms with Crippen LogP contribution in [0.1, 0.15) is 54.3 Å². The molecule has 3 aromatic heterocycles. The van der Waals surface area contributed by atoms with E-state index in [-0.39, 0.29) is 62.1 Å². The number of β-amino-alcohol motifs (C(OH)–C–C–N with tert-alkyl or cyclic N) is 1. The highest BCUT2D eigenvalue weighted by Crippen LogP contribution is 2.33. The van der Waals surface area contributed by atoms with Crippen LogP contribution in [0.25, 0.3) is 21.7 Å². The third-order valence-corrected chi connectivity index (χ3v) is 12.1. The summed E-state index contributed by atoms with van der Waals surface area (Å²) in [7, 11) is 0. The van der Waals surface area contributed by atoms with Crippen molar-refractivity contribution in [1.29, 1.82) is 0 Å². The molecule has 19 nitrogen and oxygen atoms in total. The molecule has 3 atom stereocenters. The lowest BCUT2D eigenvalue weighted by Crippen LogP contribution is -2.48. The average Bonchev–Trinajstić information content (AvgIpc) is 4.16. The van der Waals surface area contributed by atoms with Gasteiger partial charge in [0.05, 0.1) is 93.5 Å². The van der Waals surface area contributed by atoms with E-state index in [0.717, 1.165) is 32.8 Å². The normalized spacial score (nSPS) is 16.5. The van der Waals surface area contributed by atoms with Gasteiger partial charge in [-0.05, 0) is 47.3 Å². The SMILES string of the molecule is Cc1ncsc1-c1ccc(CNC(=O)[C@@H]2C[C@@H](O)CN2C(=O)[C@@H](c2cc(OCCOCCOCCOCCOCCn3cc(C4=C(N)NNC(c5ccccc5O)=C4)cn3)no2)C(C)C)cc1. The fourth-order valence-corrected chi connectivity index (χ4v) is 8.47. The predicted molar refractivity (Wildman–Crippen MR) is 249 cm³/mol. The number of hydrazine groups is 1. The van der Waals surface area contributed by atoms with Crippen molar-refractivity contribution in [3.63, 3.8) is 0 Å². The predicted octanol–water partition coefficient (Wildman–Crippen LogP) is 3.95. The van der Waals surface area contributed by atoms with Crippen LogP contribution >= 0.6 is 11.3 Å². The van der Waals surface area contributed by atoms with Crippen LogP contribution in [0.4, 0.5) is 0 Å². The van der Waals surface area contributed by atoms with Gasteiger partial charge in [-0.1, -0.05) is 50.2 Å². The number of nitrogens with two attached hydrogens (primary N) is 1. The standard InChI is InChI=1S/C47H59N9O10S/c1-30(2)43(47(60)56-28-35(57)22-39(56)46(59)49-25-32-8-10-33(11-9-32)44-31(3)50-29-67-44)41-24-42(54-66-41)65-21-20-64-19-18-63-17-16-62-15-14-61-13-12-55-27-34(26-51-55)37-23-38(52-53-45(37)48)36-6-4-5-7-40(36)58/h4-11,23-24,26-27,29-30,35,39,43,52-53,57-58H,12-22,25,28,48H2,1-3H3,(H,49,59)/t35-,39+,43-/m1/s1. The fraction of sp³-hybridized carbons (Fsp3) is 0.426. The summed E-state index contributed by atoms with van der Waals surface area (Å²) in [4.78, 5) is 34.3. The summed E-state index contributed by atoms with van der Waals surface area (Å²) in [5.74, 6) is -0.464. The molecule has 7 N–H and O–H groups in total. The Hall–Kier alpha value is -6.29. The molecule has 2 aliphatic heterocycles. The number of carbonyl (C=O) groups is 2. The Morgan fingerprint density at radius 3 is 2.34 bits per heavy atom. The molecule has 5 heterocycles. The summed E-state index contributed by atoms with van der Waals surface area (Å²) < 4.78 is 35.6. The van der Waals surface area contributed by atoms with E-state index in [1.165, 1.54) is 4.90 Å². The first-order valence-electron chi connectivity index (χ1n) is 22.3. The highest BCUT2D eigenvalue weighted by atomic mass is 32.1. The molecule has 20 heteroatoms. The van der Waals surface area contributed by atoms with E-state index in [0.29, 0.717) is 75.6 Å². The second-order valence-electron chi connectivity index (χ2n) is 16.3. The zero-order valence-corrected chi connectivity index (χ0v) is 38.7. The smallest absolute Gasteiger partial charge is 0.254 e. The number of nitrogens with zero attached hydrogens (tertiary/aromatic N) is 5. The molecule has 358 valence electrons. The molecule has 0 spiro atoms. The fourth-order valence-electron chi connectivity index (χ4n) is 7.66. The van der Waals surface area contributed by atoms with Gasteiger partial charge in [-0.15, -0.1) is 11.3 Å². The van der Waals surface area contributed by atoms with Crippen molar-refractivity contribution >= 4 is 34.4 Å². The zero-order valence-electron chi connectivity index (χ0n) is 37.9. The number of aromatic nitrogens is 4. The summed E-state index contributed by atoms with van der Waals surface area (Å²) in [6.45, 7) is 9.95. The molecule has 67 heavy (non-hydrogen) atoms. The number of amides is 2. The van der Waals surface area contributed by atoms with Gasteiger partial charge in [-0.25, -0.2) is 4.98 Å². The van der Waals surface area contributed by atoms with Gasteiger partial charge in [0, 0.05) is 48.5 Å². The maximum atomic E-state index is 14.0. The van der Waals surface area contributed by atoms with Gasteiger partial charge in [0.2, 0.25) is 11.8 Å². The number of nitrogens with one attached hydrogen (secondary N) is 3. The number of aryl methyl sites for hydroxylation is 1. The quantitative estimate of drug-likeness (QED) is 0.0454. The number of carbonyl (C=O) groups excluding carboxylic acids is 2. The van der Waals surface area contributed by atoms with Gasteiger partial charge < -0.3 is 54.4 Å². The number of para-hydroxylation sites is 1. The van der Waals surface area contributed by atoms with E-state index in [4.69, 9.17) is 33.9 Å². The number of benzene rings is 2. The number of likely N-dealkylation sites (tertiary alicyclic amines) is 1. The average molecular weight is 942 g/mol. The Morgan fingerprint density at radius 1 is 0.955 bits per heavy atom. The second-order valence-corrected chi connectivity index (χ2v) is 17.2. The number of hydrogen-bond donors (Lipinski definition) is 6. The number of aliphatic hydroxyl groups excluding tert-OH is 1. The van der Waals surface area contributed by atoms with Crippen LogP contribution in [0.2, 0.25) is 0 Å². The van der Waals surface area contributed by atoms with Crippen molar-refractivity contribution in [3.05, 3.63) is 113 Å². The third kappa shape index (κ3) is 13.2. The van der Waals surface area contributed by atoms with Gasteiger partial charge in [-0.3, -0.25) is 25.1 Å². The number of hydrogen-bond acceptors (Lipinski definition) is 17. The number of phenols is 1. The molecule has 5 aromatic rings. The molecular weight excluding hydrogens is 883 g/mol. The molecule has 1 saturated heterocycles. The van der Waals surface area contributed by atoms with E-state index in [9.17, 15) is 19.8 Å². The van der Waals surface area contributed by atoms with Crippen molar-refractivity contribution in [2.45, 2.75) is 58.3 Å². The van der Waals surface area contributed by atoms with Crippen molar-refractivity contribution < 1.29 is 48.0 Å². The number of allylic oxidation sites excluding steroid dienone is 2. The Balaban J connectivity index is 0.727. The van der Waals surface area contributed by atoms with E-state index in [1.807, 2.05) is 75.0 Å². The lowest BCUT2D eigenvalue weighted by atomic mass is 9.91. The number of aliphatic hydroxyl groups is 1. The highest BCUT2D eigenvalue weighted by molar-refractivity contribution is 7.13. The van der Waals surface area contributed by atoms with Gasteiger partial charge in [0.25, 0.3) is 5.88 Å². The van der Waals surface area contributed by atoms with Gasteiger partial charge in [0.1, 0.15) is 30.1 Å².